The highest BCUT2D eigenvalue weighted by atomic mass is 15.1. The van der Waals surface area contributed by atoms with Crippen molar-refractivity contribution in [1.29, 1.82) is 0 Å². The summed E-state index contributed by atoms with van der Waals surface area (Å²) in [7, 11) is 2.17. The molecule has 0 spiro atoms. The molecule has 1 aromatic carbocycles. The fourth-order valence-electron chi connectivity index (χ4n) is 3.11. The molecule has 0 amide bonds. The first-order valence-corrected chi connectivity index (χ1v) is 6.64. The van der Waals surface area contributed by atoms with Crippen LogP contribution in [0.3, 0.4) is 0 Å². The molecule has 92 valence electrons. The van der Waals surface area contributed by atoms with E-state index in [-0.39, 0.29) is 5.41 Å². The minimum atomic E-state index is 0.280. The van der Waals surface area contributed by atoms with Crippen molar-refractivity contribution in [1.82, 2.24) is 4.90 Å². The van der Waals surface area contributed by atoms with Crippen LogP contribution < -0.4 is 0 Å². The number of allylic oxidation sites excluding steroid dienone is 1. The van der Waals surface area contributed by atoms with Crippen molar-refractivity contribution < 1.29 is 0 Å². The minimum absolute atomic E-state index is 0.280. The summed E-state index contributed by atoms with van der Waals surface area (Å²) < 4.78 is 0. The van der Waals surface area contributed by atoms with Crippen molar-refractivity contribution in [2.75, 3.05) is 13.6 Å². The normalized spacial score (nSPS) is 24.6. The van der Waals surface area contributed by atoms with E-state index in [1.54, 1.807) is 0 Å². The quantitative estimate of drug-likeness (QED) is 0.758. The van der Waals surface area contributed by atoms with Gasteiger partial charge in [0.1, 0.15) is 0 Å². The predicted octanol–water partition coefficient (Wildman–Crippen LogP) is 3.96. The van der Waals surface area contributed by atoms with E-state index in [1.807, 2.05) is 0 Å². The van der Waals surface area contributed by atoms with Gasteiger partial charge in [-0.3, -0.25) is 0 Å². The second-order valence-electron chi connectivity index (χ2n) is 5.24. The maximum absolute atomic E-state index is 2.33. The molecule has 0 saturated carbocycles. The summed E-state index contributed by atoms with van der Waals surface area (Å²) in [6.45, 7) is 5.74. The Morgan fingerprint density at radius 1 is 1.24 bits per heavy atom. The van der Waals surface area contributed by atoms with Gasteiger partial charge in [0.15, 0.2) is 0 Å². The number of benzene rings is 1. The summed E-state index contributed by atoms with van der Waals surface area (Å²) in [5, 5.41) is 0. The molecule has 1 nitrogen and oxygen atoms in total. The monoisotopic (exact) mass is 229 g/mol. The van der Waals surface area contributed by atoms with Gasteiger partial charge in [0.25, 0.3) is 0 Å². The topological polar surface area (TPSA) is 3.24 Å². The van der Waals surface area contributed by atoms with E-state index < -0.39 is 0 Å². The van der Waals surface area contributed by atoms with Crippen LogP contribution >= 0.6 is 0 Å². The Balaban J connectivity index is 2.43. The first-order chi connectivity index (χ1) is 8.19. The van der Waals surface area contributed by atoms with Crippen molar-refractivity contribution in [3.63, 3.8) is 0 Å². The van der Waals surface area contributed by atoms with E-state index in [2.05, 4.69) is 62.3 Å². The van der Waals surface area contributed by atoms with Crippen LogP contribution in [0.4, 0.5) is 0 Å². The van der Waals surface area contributed by atoms with Gasteiger partial charge in [-0.05, 0) is 37.1 Å². The highest BCUT2D eigenvalue weighted by Crippen LogP contribution is 2.42. The maximum atomic E-state index is 2.33. The second-order valence-corrected chi connectivity index (χ2v) is 5.24. The van der Waals surface area contributed by atoms with E-state index >= 15 is 0 Å². The zero-order valence-electron chi connectivity index (χ0n) is 11.2. The van der Waals surface area contributed by atoms with Gasteiger partial charge in [-0.25, -0.2) is 0 Å². The molecule has 1 aliphatic rings. The van der Waals surface area contributed by atoms with E-state index in [4.69, 9.17) is 0 Å². The number of nitrogens with zero attached hydrogens (tertiary/aromatic N) is 1. The van der Waals surface area contributed by atoms with Crippen molar-refractivity contribution in [2.24, 2.45) is 0 Å². The zero-order chi connectivity index (χ0) is 12.3. The summed E-state index contributed by atoms with van der Waals surface area (Å²) in [5.41, 5.74) is 3.28. The van der Waals surface area contributed by atoms with Crippen LogP contribution in [0.25, 0.3) is 0 Å². The molecule has 1 aliphatic heterocycles. The van der Waals surface area contributed by atoms with Gasteiger partial charge < -0.3 is 4.90 Å². The summed E-state index contributed by atoms with van der Waals surface area (Å²) >= 11 is 0. The van der Waals surface area contributed by atoms with Crippen LogP contribution in [-0.4, -0.2) is 18.5 Å². The second kappa shape index (κ2) is 4.95. The third-order valence-corrected chi connectivity index (χ3v) is 4.06. The lowest BCUT2D eigenvalue weighted by atomic mass is 9.68. The van der Waals surface area contributed by atoms with Crippen molar-refractivity contribution in [2.45, 2.75) is 38.5 Å². The molecule has 0 saturated heterocycles. The zero-order valence-corrected chi connectivity index (χ0v) is 11.2. The molecule has 0 aromatic heterocycles. The van der Waals surface area contributed by atoms with Gasteiger partial charge in [-0.1, -0.05) is 43.7 Å². The Labute approximate surface area is 105 Å². The van der Waals surface area contributed by atoms with Crippen LogP contribution in [0.2, 0.25) is 0 Å². The van der Waals surface area contributed by atoms with Gasteiger partial charge in [-0.2, -0.15) is 0 Å². The number of rotatable bonds is 3. The maximum Gasteiger partial charge on any atom is 0.0193 e. The van der Waals surface area contributed by atoms with Crippen LogP contribution in [0, 0.1) is 0 Å². The number of hydrogen-bond acceptors (Lipinski definition) is 1. The fourth-order valence-corrected chi connectivity index (χ4v) is 3.11. The predicted molar refractivity (Wildman–Crippen MR) is 74.0 cm³/mol. The third kappa shape index (κ3) is 2.24. The molecule has 0 N–H and O–H groups in total. The summed E-state index contributed by atoms with van der Waals surface area (Å²) in [6, 6.07) is 11.0. The molecule has 0 radical (unpaired) electrons. The molecule has 1 heterocycles. The summed E-state index contributed by atoms with van der Waals surface area (Å²) in [4.78, 5) is 2.31. The lowest BCUT2D eigenvalue weighted by Gasteiger charge is -2.41. The molecular weight excluding hydrogens is 206 g/mol. The summed E-state index contributed by atoms with van der Waals surface area (Å²) in [5.74, 6) is 0. The van der Waals surface area contributed by atoms with E-state index in [0.29, 0.717) is 0 Å². The lowest BCUT2D eigenvalue weighted by molar-refractivity contribution is 0.308. The van der Waals surface area contributed by atoms with Crippen molar-refractivity contribution in [3.05, 3.63) is 47.7 Å². The molecule has 1 atom stereocenters. The van der Waals surface area contributed by atoms with Crippen LogP contribution in [0.15, 0.2) is 42.1 Å². The molecule has 2 rings (SSSR count). The van der Waals surface area contributed by atoms with E-state index in [9.17, 15) is 0 Å². The van der Waals surface area contributed by atoms with Gasteiger partial charge in [-0.15, -0.1) is 0 Å². The third-order valence-electron chi connectivity index (χ3n) is 4.06. The standard InChI is InChI=1S/C16H23N/c1-4-10-16(15-8-6-5-7-9-15)11-12-17(3)13-14(16)2/h5-9,13H,4,10-12H2,1-3H3. The fraction of sp³-hybridized carbons (Fsp3) is 0.500. The average Bonchev–Trinajstić information content (AvgIpc) is 2.34. The van der Waals surface area contributed by atoms with Gasteiger partial charge >= 0.3 is 0 Å². The van der Waals surface area contributed by atoms with E-state index in [1.165, 1.54) is 30.4 Å². The summed E-state index contributed by atoms with van der Waals surface area (Å²) in [6.07, 6.45) is 6.06. The SMILES string of the molecule is CCCC1(c2ccccc2)CCN(C)C=C1C. The number of hydrogen-bond donors (Lipinski definition) is 0. The average molecular weight is 229 g/mol. The van der Waals surface area contributed by atoms with Gasteiger partial charge in [0.05, 0.1) is 0 Å². The van der Waals surface area contributed by atoms with E-state index in [0.717, 1.165) is 6.54 Å². The first kappa shape index (κ1) is 12.2. The smallest absolute Gasteiger partial charge is 0.0193 e. The molecule has 1 heteroatoms. The molecule has 0 bridgehead atoms. The molecule has 0 aliphatic carbocycles. The van der Waals surface area contributed by atoms with Crippen LogP contribution in [0.1, 0.15) is 38.7 Å². The van der Waals surface area contributed by atoms with Crippen molar-refractivity contribution in [3.8, 4) is 0 Å². The highest BCUT2D eigenvalue weighted by molar-refractivity contribution is 5.36. The largest absolute Gasteiger partial charge is 0.380 e. The van der Waals surface area contributed by atoms with Crippen molar-refractivity contribution >= 4 is 0 Å². The molecule has 1 unspecified atom stereocenters. The molecule has 1 aromatic rings. The molecule has 0 fully saturated rings. The Hall–Kier alpha value is -1.24. The Kier molecular flexibility index (Phi) is 3.56. The van der Waals surface area contributed by atoms with Crippen LogP contribution in [-0.2, 0) is 5.41 Å². The molecule has 17 heavy (non-hydrogen) atoms. The highest BCUT2D eigenvalue weighted by Gasteiger charge is 2.35. The molecular formula is C16H23N. The van der Waals surface area contributed by atoms with Gasteiger partial charge in [0, 0.05) is 19.0 Å². The minimum Gasteiger partial charge on any atom is -0.380 e. The van der Waals surface area contributed by atoms with Gasteiger partial charge in [0.2, 0.25) is 0 Å². The Bertz CT molecular complexity index is 393. The first-order valence-electron chi connectivity index (χ1n) is 6.64. The Morgan fingerprint density at radius 3 is 2.53 bits per heavy atom. The lowest BCUT2D eigenvalue weighted by Crippen LogP contribution is -2.36. The van der Waals surface area contributed by atoms with Crippen LogP contribution in [0.5, 0.6) is 0 Å². The Morgan fingerprint density at radius 2 is 1.94 bits per heavy atom.